The van der Waals surface area contributed by atoms with Crippen LogP contribution in [0.1, 0.15) is 78.6 Å². The van der Waals surface area contributed by atoms with Crippen molar-refractivity contribution in [1.29, 1.82) is 0 Å². The van der Waals surface area contributed by atoms with Crippen molar-refractivity contribution < 1.29 is 9.53 Å². The van der Waals surface area contributed by atoms with Crippen molar-refractivity contribution in [3.05, 3.63) is 0 Å². The van der Waals surface area contributed by atoms with Crippen molar-refractivity contribution in [2.45, 2.75) is 96.7 Å². The third-order valence-corrected chi connectivity index (χ3v) is 10.8. The summed E-state index contributed by atoms with van der Waals surface area (Å²) in [5.74, 6) is 3.45. The van der Waals surface area contributed by atoms with Gasteiger partial charge in [-0.25, -0.2) is 0 Å². The Morgan fingerprint density at radius 1 is 1.07 bits per heavy atom. The van der Waals surface area contributed by atoms with Crippen LogP contribution in [-0.4, -0.2) is 31.2 Å². The van der Waals surface area contributed by atoms with Gasteiger partial charge in [0.1, 0.15) is 0 Å². The standard InChI is InChI=1S/C25H45N3O2/c1-14(5-8-22(29)30-4)17-6-7-18-23-19(13-21(28)25(17,18)3)24(2)10-9-16(26)11-15(24)12-20(23)27/h14-21,23H,5-13,26-28H2,1-4H3/t14-,15-,16-,17-,18+,19+,20-,21+,23+,24+,25-/m1/s1. The fourth-order valence-corrected chi connectivity index (χ4v) is 9.02. The molecule has 6 N–H and O–H groups in total. The summed E-state index contributed by atoms with van der Waals surface area (Å²) in [6, 6.07) is 0.843. The number of nitrogens with two attached hydrogens (primary N) is 3. The van der Waals surface area contributed by atoms with Crippen molar-refractivity contribution in [1.82, 2.24) is 0 Å². The van der Waals surface area contributed by atoms with Gasteiger partial charge in [-0.1, -0.05) is 20.8 Å². The molecule has 4 fully saturated rings. The minimum absolute atomic E-state index is 0.0988. The van der Waals surface area contributed by atoms with Crippen LogP contribution in [0.2, 0.25) is 0 Å². The molecule has 0 unspecified atom stereocenters. The van der Waals surface area contributed by atoms with Gasteiger partial charge >= 0.3 is 5.97 Å². The molecule has 4 saturated carbocycles. The summed E-state index contributed by atoms with van der Waals surface area (Å²) in [4.78, 5) is 11.7. The maximum Gasteiger partial charge on any atom is 0.305 e. The number of methoxy groups -OCH3 is 1. The molecular formula is C25H45N3O2. The monoisotopic (exact) mass is 419 g/mol. The molecule has 0 amide bonds. The second-order valence-corrected chi connectivity index (χ2v) is 11.9. The highest BCUT2D eigenvalue weighted by Gasteiger charge is 2.64. The van der Waals surface area contributed by atoms with Crippen molar-refractivity contribution >= 4 is 5.97 Å². The summed E-state index contributed by atoms with van der Waals surface area (Å²) in [5.41, 5.74) is 20.9. The highest BCUT2D eigenvalue weighted by molar-refractivity contribution is 5.69. The molecular weight excluding hydrogens is 374 g/mol. The number of hydrogen-bond acceptors (Lipinski definition) is 5. The van der Waals surface area contributed by atoms with E-state index in [0.717, 1.165) is 32.1 Å². The summed E-state index contributed by atoms with van der Waals surface area (Å²) < 4.78 is 4.88. The highest BCUT2D eigenvalue weighted by atomic mass is 16.5. The lowest BCUT2D eigenvalue weighted by molar-refractivity contribution is -0.142. The van der Waals surface area contributed by atoms with Crippen LogP contribution in [0.25, 0.3) is 0 Å². The van der Waals surface area contributed by atoms with Crippen LogP contribution in [0.5, 0.6) is 0 Å². The Morgan fingerprint density at radius 2 is 1.80 bits per heavy atom. The van der Waals surface area contributed by atoms with Gasteiger partial charge in [0.15, 0.2) is 0 Å². The molecule has 4 aliphatic carbocycles. The zero-order valence-corrected chi connectivity index (χ0v) is 19.6. The maximum atomic E-state index is 11.7. The number of carbonyl (C=O) groups excluding carboxylic acids is 1. The number of carbonyl (C=O) groups is 1. The first-order valence-corrected chi connectivity index (χ1v) is 12.5. The van der Waals surface area contributed by atoms with Gasteiger partial charge in [0.25, 0.3) is 0 Å². The third kappa shape index (κ3) is 3.34. The number of ether oxygens (including phenoxy) is 1. The van der Waals surface area contributed by atoms with Gasteiger partial charge in [0, 0.05) is 24.5 Å². The van der Waals surface area contributed by atoms with Gasteiger partial charge < -0.3 is 21.9 Å². The Kier molecular flexibility index (Phi) is 6.04. The summed E-state index contributed by atoms with van der Waals surface area (Å²) in [7, 11) is 1.48. The molecule has 0 aliphatic heterocycles. The third-order valence-electron chi connectivity index (χ3n) is 10.8. The number of rotatable bonds is 4. The first-order valence-electron chi connectivity index (χ1n) is 12.5. The highest BCUT2D eigenvalue weighted by Crippen LogP contribution is 2.67. The molecule has 30 heavy (non-hydrogen) atoms. The van der Waals surface area contributed by atoms with Crippen molar-refractivity contribution in [2.75, 3.05) is 7.11 Å². The molecule has 11 atom stereocenters. The van der Waals surface area contributed by atoms with Crippen molar-refractivity contribution in [2.24, 2.45) is 63.5 Å². The lowest BCUT2D eigenvalue weighted by atomic mass is 9.42. The van der Waals surface area contributed by atoms with E-state index in [-0.39, 0.29) is 23.5 Å². The Balaban J connectivity index is 1.58. The summed E-state index contributed by atoms with van der Waals surface area (Å²) in [5, 5.41) is 0. The van der Waals surface area contributed by atoms with Gasteiger partial charge in [0.2, 0.25) is 0 Å². The van der Waals surface area contributed by atoms with Crippen molar-refractivity contribution in [3.63, 3.8) is 0 Å². The summed E-state index contributed by atoms with van der Waals surface area (Å²) in [6.07, 6.45) is 9.63. The molecule has 0 aromatic rings. The van der Waals surface area contributed by atoms with Gasteiger partial charge in [-0.05, 0) is 97.7 Å². The van der Waals surface area contributed by atoms with Crippen LogP contribution in [0, 0.1) is 46.3 Å². The van der Waals surface area contributed by atoms with E-state index in [1.165, 1.54) is 26.4 Å². The average Bonchev–Trinajstić information content (AvgIpc) is 3.06. The molecule has 4 aliphatic rings. The zero-order valence-electron chi connectivity index (χ0n) is 19.6. The molecule has 0 bridgehead atoms. The number of fused-ring (bicyclic) bond motifs is 5. The van der Waals surface area contributed by atoms with E-state index in [0.29, 0.717) is 53.4 Å². The smallest absolute Gasteiger partial charge is 0.305 e. The van der Waals surface area contributed by atoms with Gasteiger partial charge in [-0.15, -0.1) is 0 Å². The molecule has 5 heteroatoms. The van der Waals surface area contributed by atoms with E-state index in [1.54, 1.807) is 0 Å². The molecule has 0 aromatic heterocycles. The van der Waals surface area contributed by atoms with E-state index in [1.807, 2.05) is 0 Å². The molecule has 0 heterocycles. The average molecular weight is 420 g/mol. The predicted molar refractivity (Wildman–Crippen MR) is 120 cm³/mol. The van der Waals surface area contributed by atoms with Gasteiger partial charge in [-0.2, -0.15) is 0 Å². The molecule has 0 radical (unpaired) electrons. The predicted octanol–water partition coefficient (Wildman–Crippen LogP) is 3.44. The summed E-state index contributed by atoms with van der Waals surface area (Å²) >= 11 is 0. The van der Waals surface area contributed by atoms with E-state index in [4.69, 9.17) is 21.9 Å². The van der Waals surface area contributed by atoms with Crippen LogP contribution in [0.3, 0.4) is 0 Å². The Morgan fingerprint density at radius 3 is 2.50 bits per heavy atom. The molecule has 0 saturated heterocycles. The topological polar surface area (TPSA) is 104 Å². The first kappa shape index (κ1) is 22.5. The fourth-order valence-electron chi connectivity index (χ4n) is 9.02. The Bertz CT molecular complexity index is 656. The van der Waals surface area contributed by atoms with E-state index in [9.17, 15) is 4.79 Å². The lowest BCUT2D eigenvalue weighted by Crippen LogP contribution is -2.65. The van der Waals surface area contributed by atoms with Crippen LogP contribution >= 0.6 is 0 Å². The maximum absolute atomic E-state index is 11.7. The Labute approximate surface area is 183 Å². The van der Waals surface area contributed by atoms with E-state index in [2.05, 4.69) is 20.8 Å². The molecule has 0 aromatic carbocycles. The van der Waals surface area contributed by atoms with E-state index >= 15 is 0 Å². The zero-order chi connectivity index (χ0) is 21.8. The van der Waals surface area contributed by atoms with Crippen LogP contribution in [-0.2, 0) is 9.53 Å². The molecule has 0 spiro atoms. The minimum atomic E-state index is -0.0988. The van der Waals surface area contributed by atoms with Crippen LogP contribution in [0.15, 0.2) is 0 Å². The van der Waals surface area contributed by atoms with Gasteiger partial charge in [0.05, 0.1) is 7.11 Å². The van der Waals surface area contributed by atoms with E-state index < -0.39 is 0 Å². The Hall–Kier alpha value is -0.650. The fraction of sp³-hybridized carbons (Fsp3) is 0.960. The first-order chi connectivity index (χ1) is 14.1. The van der Waals surface area contributed by atoms with Crippen LogP contribution in [0.4, 0.5) is 0 Å². The van der Waals surface area contributed by atoms with Gasteiger partial charge in [-0.3, -0.25) is 4.79 Å². The number of esters is 1. The SMILES string of the molecule is COC(=O)CC[C@@H](C)[C@H]1CC[C@H]2[C@@H]3[C@H](N)C[C@H]4C[C@H](N)CC[C@]4(C)[C@H]3C[C@H](N)[C@]12C. The second-order valence-electron chi connectivity index (χ2n) is 11.9. The van der Waals surface area contributed by atoms with Crippen molar-refractivity contribution in [3.8, 4) is 0 Å². The van der Waals surface area contributed by atoms with Crippen LogP contribution < -0.4 is 17.2 Å². The molecule has 172 valence electrons. The lowest BCUT2D eigenvalue weighted by Gasteiger charge is -2.64. The molecule has 5 nitrogen and oxygen atoms in total. The quantitative estimate of drug-likeness (QED) is 0.606. The minimum Gasteiger partial charge on any atom is -0.469 e. The largest absolute Gasteiger partial charge is 0.469 e. The molecule has 4 rings (SSSR count). The normalized spacial score (nSPS) is 51.4. The number of hydrogen-bond donors (Lipinski definition) is 3. The summed E-state index contributed by atoms with van der Waals surface area (Å²) in [6.45, 7) is 7.32. The second kappa shape index (κ2) is 8.04.